The molecule has 0 unspecified atom stereocenters. The van der Waals surface area contributed by atoms with Gasteiger partial charge in [-0.25, -0.2) is 0 Å². The Kier molecular flexibility index (Phi) is 5.92. The predicted molar refractivity (Wildman–Crippen MR) is 69.0 cm³/mol. The van der Waals surface area contributed by atoms with E-state index in [4.69, 9.17) is 4.74 Å². The molecule has 1 heterocycles. The van der Waals surface area contributed by atoms with Gasteiger partial charge in [-0.1, -0.05) is 6.92 Å². The van der Waals surface area contributed by atoms with Crippen molar-refractivity contribution in [1.82, 2.24) is 9.80 Å². The van der Waals surface area contributed by atoms with Crippen molar-refractivity contribution < 1.29 is 9.53 Å². The van der Waals surface area contributed by atoms with Crippen LogP contribution in [0.5, 0.6) is 0 Å². The highest BCUT2D eigenvalue weighted by Crippen LogP contribution is 2.16. The molecule has 0 radical (unpaired) electrons. The van der Waals surface area contributed by atoms with Crippen molar-refractivity contribution in [1.29, 1.82) is 0 Å². The minimum Gasteiger partial charge on any atom is -0.377 e. The number of likely N-dealkylation sites (tertiary alicyclic amines) is 1. The summed E-state index contributed by atoms with van der Waals surface area (Å²) in [4.78, 5) is 15.8. The number of amides is 1. The lowest BCUT2D eigenvalue weighted by molar-refractivity contribution is -0.135. The number of ether oxygens (including phenoxy) is 1. The van der Waals surface area contributed by atoms with Gasteiger partial charge in [0, 0.05) is 27.2 Å². The van der Waals surface area contributed by atoms with Crippen molar-refractivity contribution in [2.45, 2.75) is 45.3 Å². The van der Waals surface area contributed by atoms with Crippen LogP contribution in [0.15, 0.2) is 0 Å². The lowest BCUT2D eigenvalue weighted by atomic mass is 10.1. The Labute approximate surface area is 105 Å². The van der Waals surface area contributed by atoms with Gasteiger partial charge in [-0.2, -0.15) is 0 Å². The van der Waals surface area contributed by atoms with Gasteiger partial charge in [0.2, 0.25) is 5.91 Å². The van der Waals surface area contributed by atoms with E-state index in [0.29, 0.717) is 6.10 Å². The molecule has 0 N–H and O–H groups in total. The number of piperidine rings is 1. The molecule has 100 valence electrons. The van der Waals surface area contributed by atoms with Gasteiger partial charge < -0.3 is 9.64 Å². The zero-order valence-corrected chi connectivity index (χ0v) is 11.6. The molecular weight excluding hydrogens is 216 g/mol. The van der Waals surface area contributed by atoms with Gasteiger partial charge in [0.1, 0.15) is 0 Å². The van der Waals surface area contributed by atoms with Gasteiger partial charge in [0.05, 0.1) is 12.1 Å². The smallest absolute Gasteiger partial charge is 0.239 e. The quantitative estimate of drug-likeness (QED) is 0.729. The molecule has 0 aromatic rings. The molecule has 0 bridgehead atoms. The van der Waals surface area contributed by atoms with E-state index in [2.05, 4.69) is 11.8 Å². The zero-order chi connectivity index (χ0) is 12.8. The fourth-order valence-electron chi connectivity index (χ4n) is 2.27. The summed E-state index contributed by atoms with van der Waals surface area (Å²) in [5, 5.41) is 0. The molecule has 1 rings (SSSR count). The maximum absolute atomic E-state index is 11.9. The molecule has 0 aromatic carbocycles. The van der Waals surface area contributed by atoms with Gasteiger partial charge >= 0.3 is 0 Å². The molecule has 1 aliphatic heterocycles. The molecule has 1 fully saturated rings. The highest BCUT2D eigenvalue weighted by molar-refractivity contribution is 5.80. The summed E-state index contributed by atoms with van der Waals surface area (Å²) in [7, 11) is 3.63. The van der Waals surface area contributed by atoms with Gasteiger partial charge in [0.25, 0.3) is 0 Å². The maximum atomic E-state index is 11.9. The summed E-state index contributed by atoms with van der Waals surface area (Å²) < 4.78 is 5.79. The summed E-state index contributed by atoms with van der Waals surface area (Å²) in [5.41, 5.74) is 0. The Morgan fingerprint density at radius 2 is 2.24 bits per heavy atom. The topological polar surface area (TPSA) is 32.8 Å². The number of carbonyl (C=O) groups is 1. The molecule has 0 saturated carbocycles. The first-order valence-corrected chi connectivity index (χ1v) is 6.63. The van der Waals surface area contributed by atoms with Crippen LogP contribution < -0.4 is 0 Å². The molecule has 4 heteroatoms. The second-order valence-corrected chi connectivity index (χ2v) is 5.04. The molecule has 0 aromatic heterocycles. The van der Waals surface area contributed by atoms with Crippen LogP contribution in [-0.2, 0) is 9.53 Å². The van der Waals surface area contributed by atoms with Crippen molar-refractivity contribution in [3.63, 3.8) is 0 Å². The Morgan fingerprint density at radius 3 is 2.82 bits per heavy atom. The van der Waals surface area contributed by atoms with Crippen LogP contribution >= 0.6 is 0 Å². The number of hydrogen-bond acceptors (Lipinski definition) is 3. The van der Waals surface area contributed by atoms with Crippen LogP contribution in [0.2, 0.25) is 0 Å². The molecule has 0 spiro atoms. The summed E-state index contributed by atoms with van der Waals surface area (Å²) in [6.45, 7) is 6.84. The fourth-order valence-corrected chi connectivity index (χ4v) is 2.27. The Hall–Kier alpha value is -0.610. The number of hydrogen-bond donors (Lipinski definition) is 0. The zero-order valence-electron chi connectivity index (χ0n) is 11.6. The number of likely N-dealkylation sites (N-methyl/N-ethyl adjacent to an activating group) is 1. The summed E-state index contributed by atoms with van der Waals surface area (Å²) in [6, 6.07) is -0.0296. The van der Waals surface area contributed by atoms with E-state index < -0.39 is 0 Å². The van der Waals surface area contributed by atoms with Crippen molar-refractivity contribution in [3.8, 4) is 0 Å². The average molecular weight is 242 g/mol. The first-order chi connectivity index (χ1) is 8.06. The third-order valence-corrected chi connectivity index (χ3v) is 3.31. The highest BCUT2D eigenvalue weighted by atomic mass is 16.5. The van der Waals surface area contributed by atoms with Crippen LogP contribution in [0.3, 0.4) is 0 Å². The Bertz CT molecular complexity index is 244. The molecule has 4 nitrogen and oxygen atoms in total. The van der Waals surface area contributed by atoms with Crippen molar-refractivity contribution >= 4 is 5.91 Å². The molecule has 0 aliphatic carbocycles. The van der Waals surface area contributed by atoms with E-state index in [1.54, 1.807) is 4.90 Å². The first kappa shape index (κ1) is 14.5. The third kappa shape index (κ3) is 4.28. The third-order valence-electron chi connectivity index (χ3n) is 3.31. The number of nitrogens with zero attached hydrogens (tertiary/aromatic N) is 2. The van der Waals surface area contributed by atoms with E-state index in [-0.39, 0.29) is 11.9 Å². The maximum Gasteiger partial charge on any atom is 0.239 e. The number of rotatable bonds is 5. The second-order valence-electron chi connectivity index (χ2n) is 5.04. The van der Waals surface area contributed by atoms with Crippen LogP contribution in [-0.4, -0.2) is 61.6 Å². The fraction of sp³-hybridized carbons (Fsp3) is 0.923. The standard InChI is InChI=1S/C13H26N2O2/c1-5-9-17-12-7-6-8-15(10-12)11(2)13(16)14(3)4/h11-12H,5-10H2,1-4H3/t11-,12-/m1/s1. The van der Waals surface area contributed by atoms with Crippen LogP contribution in [0, 0.1) is 0 Å². The van der Waals surface area contributed by atoms with E-state index in [0.717, 1.165) is 39.0 Å². The lowest BCUT2D eigenvalue weighted by Gasteiger charge is -2.36. The van der Waals surface area contributed by atoms with Crippen molar-refractivity contribution in [2.24, 2.45) is 0 Å². The van der Waals surface area contributed by atoms with E-state index in [1.807, 2.05) is 21.0 Å². The molecule has 17 heavy (non-hydrogen) atoms. The van der Waals surface area contributed by atoms with Crippen LogP contribution in [0.4, 0.5) is 0 Å². The molecule has 2 atom stereocenters. The molecular formula is C13H26N2O2. The largest absolute Gasteiger partial charge is 0.377 e. The normalized spacial score (nSPS) is 23.4. The highest BCUT2D eigenvalue weighted by Gasteiger charge is 2.28. The molecule has 1 amide bonds. The van der Waals surface area contributed by atoms with Gasteiger partial charge in [-0.3, -0.25) is 9.69 Å². The van der Waals surface area contributed by atoms with E-state index >= 15 is 0 Å². The monoisotopic (exact) mass is 242 g/mol. The lowest BCUT2D eigenvalue weighted by Crippen LogP contribution is -2.50. The van der Waals surface area contributed by atoms with Crippen LogP contribution in [0.1, 0.15) is 33.1 Å². The SMILES string of the molecule is CCCO[C@@H]1CCCN([C@H](C)C(=O)N(C)C)C1. The second kappa shape index (κ2) is 6.97. The van der Waals surface area contributed by atoms with Crippen molar-refractivity contribution in [3.05, 3.63) is 0 Å². The minimum absolute atomic E-state index is 0.0296. The Morgan fingerprint density at radius 1 is 1.53 bits per heavy atom. The van der Waals surface area contributed by atoms with Gasteiger partial charge in [-0.15, -0.1) is 0 Å². The van der Waals surface area contributed by atoms with Crippen molar-refractivity contribution in [2.75, 3.05) is 33.8 Å². The molecule has 1 saturated heterocycles. The average Bonchev–Trinajstić information content (AvgIpc) is 2.34. The first-order valence-electron chi connectivity index (χ1n) is 6.63. The minimum atomic E-state index is -0.0296. The van der Waals surface area contributed by atoms with Gasteiger partial charge in [0.15, 0.2) is 0 Å². The predicted octanol–water partition coefficient (Wildman–Crippen LogP) is 1.35. The Balaban J connectivity index is 2.45. The van der Waals surface area contributed by atoms with Gasteiger partial charge in [-0.05, 0) is 32.7 Å². The molecule has 1 aliphatic rings. The number of carbonyl (C=O) groups excluding carboxylic acids is 1. The summed E-state index contributed by atoms with van der Waals surface area (Å²) in [6.07, 6.45) is 3.61. The van der Waals surface area contributed by atoms with E-state index in [1.165, 1.54) is 0 Å². The summed E-state index contributed by atoms with van der Waals surface area (Å²) in [5.74, 6) is 0.182. The van der Waals surface area contributed by atoms with Crippen LogP contribution in [0.25, 0.3) is 0 Å². The van der Waals surface area contributed by atoms with E-state index in [9.17, 15) is 4.79 Å². The summed E-state index contributed by atoms with van der Waals surface area (Å²) >= 11 is 0.